The van der Waals surface area contributed by atoms with Crippen molar-refractivity contribution in [3.8, 4) is 0 Å². The van der Waals surface area contributed by atoms with Crippen molar-refractivity contribution >= 4 is 89.4 Å². The summed E-state index contributed by atoms with van der Waals surface area (Å²) < 4.78 is 0. The summed E-state index contributed by atoms with van der Waals surface area (Å²) in [4.78, 5) is 35.3. The normalized spacial score (nSPS) is 12.1. The maximum atomic E-state index is 11.9. The molecule has 1 rings (SSSR count). The van der Waals surface area contributed by atoms with Gasteiger partial charge in [-0.3, -0.25) is 14.4 Å². The molecule has 0 bridgehead atoms. The van der Waals surface area contributed by atoms with Crippen molar-refractivity contribution < 1.29 is 19.5 Å². The summed E-state index contributed by atoms with van der Waals surface area (Å²) in [6.45, 7) is 2.18. The molecule has 1 aromatic carbocycles. The molecule has 1 amide bonds. The van der Waals surface area contributed by atoms with E-state index in [9.17, 15) is 19.5 Å². The Morgan fingerprint density at radius 2 is 1.54 bits per heavy atom. The predicted molar refractivity (Wildman–Crippen MR) is 151 cm³/mol. The number of thiol groups is 1. The van der Waals surface area contributed by atoms with Crippen molar-refractivity contribution in [1.29, 1.82) is 0 Å². The van der Waals surface area contributed by atoms with Crippen LogP contribution in [-0.4, -0.2) is 100 Å². The number of hydrogen-bond donors (Lipinski definition) is 4. The number of carboxylic acid groups (broad SMARTS) is 1. The molecule has 9 heteroatoms. The first-order valence-corrected chi connectivity index (χ1v) is 13.0. The summed E-state index contributed by atoms with van der Waals surface area (Å²) in [6.07, 6.45) is 12.0. The van der Waals surface area contributed by atoms with Crippen LogP contribution in [0.15, 0.2) is 24.3 Å². The first-order valence-electron chi connectivity index (χ1n) is 12.4. The van der Waals surface area contributed by atoms with Gasteiger partial charge in [0.25, 0.3) is 0 Å². The zero-order valence-corrected chi connectivity index (χ0v) is 21.0. The zero-order chi connectivity index (χ0) is 24.5. The van der Waals surface area contributed by atoms with Gasteiger partial charge in [0.05, 0.1) is 18.5 Å². The molecule has 0 aliphatic carbocycles. The molecule has 2 atom stereocenters. The molecule has 1 unspecified atom stereocenters. The minimum atomic E-state index is -0.839. The van der Waals surface area contributed by atoms with Crippen LogP contribution in [0.25, 0.3) is 0 Å². The van der Waals surface area contributed by atoms with Crippen LogP contribution in [0.4, 0.5) is 0 Å². The molecule has 0 aliphatic heterocycles. The van der Waals surface area contributed by atoms with E-state index in [-0.39, 0.29) is 83.1 Å². The van der Waals surface area contributed by atoms with Crippen molar-refractivity contribution in [2.24, 2.45) is 5.73 Å². The van der Waals surface area contributed by atoms with E-state index in [0.29, 0.717) is 25.7 Å². The van der Waals surface area contributed by atoms with E-state index in [0.717, 1.165) is 12.0 Å². The number of hydrogen-bond acceptors (Lipinski definition) is 5. The van der Waals surface area contributed by atoms with Crippen molar-refractivity contribution in [3.63, 3.8) is 0 Å². The Kier molecular flexibility index (Phi) is 24.8. The van der Waals surface area contributed by atoms with Crippen LogP contribution >= 0.6 is 12.6 Å². The van der Waals surface area contributed by atoms with Crippen molar-refractivity contribution in [3.05, 3.63) is 35.4 Å². The quantitative estimate of drug-likeness (QED) is 0.126. The topological polar surface area (TPSA) is 109 Å². The minimum absolute atomic E-state index is 0. The Balaban J connectivity index is 0. The number of Topliss-reactive ketones (excluding diaryl/α,β-unsaturated/α-hetero) is 1. The van der Waals surface area contributed by atoms with E-state index in [2.05, 4.69) is 24.9 Å². The summed E-state index contributed by atoms with van der Waals surface area (Å²) in [5.41, 5.74) is 7.61. The van der Waals surface area contributed by atoms with E-state index in [4.69, 9.17) is 5.73 Å². The Hall–Kier alpha value is 0.140. The first kappa shape index (κ1) is 37.3. The second-order valence-electron chi connectivity index (χ2n) is 8.80. The van der Waals surface area contributed by atoms with Crippen LogP contribution in [-0.2, 0) is 20.8 Å². The van der Waals surface area contributed by atoms with Gasteiger partial charge in [-0.15, -0.1) is 0 Å². The van der Waals surface area contributed by atoms with Crippen LogP contribution in [0.5, 0.6) is 0 Å². The molecule has 0 aromatic heterocycles. The van der Waals surface area contributed by atoms with Gasteiger partial charge < -0.3 is 16.2 Å². The average molecular weight is 527 g/mol. The fraction of sp³-hybridized carbons (Fsp3) is 0.654. The molecule has 0 saturated heterocycles. The number of nitrogens with one attached hydrogen (secondary N) is 1. The van der Waals surface area contributed by atoms with Gasteiger partial charge in [0, 0.05) is 12.2 Å². The number of carbonyl (C=O) groups is 3. The monoisotopic (exact) mass is 526 g/mol. The summed E-state index contributed by atoms with van der Waals surface area (Å²) in [7, 11) is 0. The van der Waals surface area contributed by atoms with Gasteiger partial charge in [-0.25, -0.2) is 0 Å². The number of ketones is 1. The van der Waals surface area contributed by atoms with E-state index < -0.39 is 17.9 Å². The number of unbranched alkanes of at least 4 members (excludes halogenated alkanes) is 7. The molecule has 0 radical (unpaired) electrons. The predicted octanol–water partition coefficient (Wildman–Crippen LogP) is 3.35. The van der Waals surface area contributed by atoms with Gasteiger partial charge in [-0.1, -0.05) is 76.1 Å². The number of aryl methyl sites for hydroxylation is 1. The first-order chi connectivity index (χ1) is 15.9. The number of aliphatic carboxylic acids is 1. The van der Waals surface area contributed by atoms with Crippen LogP contribution in [0.3, 0.4) is 0 Å². The number of rotatable bonds is 19. The average Bonchev–Trinajstić information content (AvgIpc) is 2.81. The molecule has 4 N–H and O–H groups in total. The van der Waals surface area contributed by atoms with Crippen LogP contribution in [0.2, 0.25) is 0 Å². The molecule has 0 heterocycles. The van der Waals surface area contributed by atoms with Crippen LogP contribution in [0, 0.1) is 0 Å². The third kappa shape index (κ3) is 17.3. The van der Waals surface area contributed by atoms with Gasteiger partial charge in [0.1, 0.15) is 0 Å². The third-order valence-corrected chi connectivity index (χ3v) is 6.33. The maximum absolute atomic E-state index is 11.9. The molecule has 1 aromatic rings. The molecule has 6 nitrogen and oxygen atoms in total. The second kappa shape index (κ2) is 23.3. The van der Waals surface area contributed by atoms with Gasteiger partial charge in [-0.05, 0) is 36.8 Å². The number of nitrogens with two attached hydrogens (primary N) is 1. The molecule has 0 spiro atoms. The molecular formula is C26H44N2Na2O4S. The third-order valence-electron chi connectivity index (χ3n) is 5.94. The molecular weight excluding hydrogens is 482 g/mol. The van der Waals surface area contributed by atoms with Gasteiger partial charge in [0.2, 0.25) is 5.91 Å². The van der Waals surface area contributed by atoms with E-state index in [1.807, 2.05) is 24.3 Å². The summed E-state index contributed by atoms with van der Waals surface area (Å²) >= 11 is 3.95. The SMILES string of the molecule is CCCCCCCCCc1ccc([C@@H](CCCCC(=O)CNC(=O)C(N)CS)C(=O)O)cc1.[NaH].[NaH]. The number of carbonyl (C=O) groups excluding carboxylic acids is 2. The van der Waals surface area contributed by atoms with E-state index >= 15 is 0 Å². The summed E-state index contributed by atoms with van der Waals surface area (Å²) in [5.74, 6) is -1.66. The Bertz CT molecular complexity index is 720. The molecule has 190 valence electrons. The van der Waals surface area contributed by atoms with Crippen molar-refractivity contribution in [1.82, 2.24) is 5.32 Å². The molecule has 0 fully saturated rings. The van der Waals surface area contributed by atoms with Gasteiger partial charge in [0.15, 0.2) is 5.78 Å². The molecule has 35 heavy (non-hydrogen) atoms. The summed E-state index contributed by atoms with van der Waals surface area (Å²) in [5, 5.41) is 12.2. The van der Waals surface area contributed by atoms with Crippen LogP contribution in [0.1, 0.15) is 94.6 Å². The summed E-state index contributed by atoms with van der Waals surface area (Å²) in [6, 6.07) is 7.23. The van der Waals surface area contributed by atoms with Gasteiger partial charge >= 0.3 is 65.1 Å². The fourth-order valence-electron chi connectivity index (χ4n) is 3.79. The number of amides is 1. The van der Waals surface area contributed by atoms with E-state index in [1.54, 1.807) is 0 Å². The van der Waals surface area contributed by atoms with E-state index in [1.165, 1.54) is 50.5 Å². The molecule has 0 saturated carbocycles. The Morgan fingerprint density at radius 1 is 0.943 bits per heavy atom. The zero-order valence-electron chi connectivity index (χ0n) is 20.1. The Morgan fingerprint density at radius 3 is 2.11 bits per heavy atom. The number of benzene rings is 1. The molecule has 0 aliphatic rings. The second-order valence-corrected chi connectivity index (χ2v) is 9.16. The van der Waals surface area contributed by atoms with Gasteiger partial charge in [-0.2, -0.15) is 12.6 Å². The fourth-order valence-corrected chi connectivity index (χ4v) is 3.96. The standard InChI is InChI=1S/C26H42N2O4S.2Na.2H/c1-2-3-4-5-6-7-8-11-20-14-16-21(17-15-20)23(26(31)32)13-10-9-12-22(29)18-28-25(30)24(27)19-33;;;;/h14-17,23-24,33H,2-13,18-19,27H2,1H3,(H,28,30)(H,31,32);;;;/t23-,24?;;;;/m1..../s1. The van der Waals surface area contributed by atoms with Crippen molar-refractivity contribution in [2.75, 3.05) is 12.3 Å². The number of carboxylic acids is 1. The van der Waals surface area contributed by atoms with Crippen molar-refractivity contribution in [2.45, 2.75) is 95.9 Å². The Labute approximate surface area is 261 Å². The van der Waals surface area contributed by atoms with Crippen LogP contribution < -0.4 is 11.1 Å².